The Kier molecular flexibility index (Phi) is 5.70. The minimum Gasteiger partial charge on any atom is -0.481 e. The molecule has 5 heteroatoms. The third kappa shape index (κ3) is 4.02. The molecule has 1 atom stereocenters. The van der Waals surface area contributed by atoms with Gasteiger partial charge in [0.1, 0.15) is 5.01 Å². The van der Waals surface area contributed by atoms with Crippen molar-refractivity contribution in [1.29, 1.82) is 0 Å². The molecule has 2 aromatic rings. The number of aromatic nitrogens is 2. The first-order valence-electron chi connectivity index (χ1n) is 7.34. The van der Waals surface area contributed by atoms with Crippen LogP contribution in [0.5, 0.6) is 5.88 Å². The number of ether oxygens (including phenoxy) is 1. The van der Waals surface area contributed by atoms with Gasteiger partial charge < -0.3 is 10.1 Å². The van der Waals surface area contributed by atoms with Crippen molar-refractivity contribution < 1.29 is 4.74 Å². The van der Waals surface area contributed by atoms with E-state index in [1.165, 1.54) is 0 Å². The van der Waals surface area contributed by atoms with Gasteiger partial charge in [-0.1, -0.05) is 26.8 Å². The van der Waals surface area contributed by atoms with Crippen LogP contribution in [0.1, 0.15) is 55.4 Å². The number of hydrogen-bond acceptors (Lipinski definition) is 5. The topological polar surface area (TPSA) is 47.0 Å². The molecule has 0 saturated carbocycles. The average molecular weight is 305 g/mol. The van der Waals surface area contributed by atoms with E-state index in [1.807, 2.05) is 12.3 Å². The Morgan fingerprint density at radius 3 is 2.67 bits per heavy atom. The fraction of sp³-hybridized carbons (Fsp3) is 0.500. The van der Waals surface area contributed by atoms with E-state index >= 15 is 0 Å². The van der Waals surface area contributed by atoms with Gasteiger partial charge in [0.2, 0.25) is 5.88 Å². The van der Waals surface area contributed by atoms with Crippen molar-refractivity contribution in [3.63, 3.8) is 0 Å². The molecule has 2 aromatic heterocycles. The Hall–Kier alpha value is -1.46. The molecule has 1 unspecified atom stereocenters. The maximum Gasteiger partial charge on any atom is 0.212 e. The highest BCUT2D eigenvalue weighted by Crippen LogP contribution is 2.28. The number of nitrogens with zero attached hydrogens (tertiary/aromatic N) is 2. The van der Waals surface area contributed by atoms with Crippen LogP contribution in [0.3, 0.4) is 0 Å². The molecule has 2 heterocycles. The number of pyridine rings is 1. The fourth-order valence-corrected chi connectivity index (χ4v) is 3.10. The standard InChI is InChI=1S/C16H23N3OS/c1-5-8-17-15(12-6-7-14(20-4)18-9-12)16-19-13(10-21-16)11(2)3/h6-7,9-11,15,17H,5,8H2,1-4H3. The van der Waals surface area contributed by atoms with Crippen molar-refractivity contribution in [1.82, 2.24) is 15.3 Å². The average Bonchev–Trinajstić information content (AvgIpc) is 2.98. The highest BCUT2D eigenvalue weighted by molar-refractivity contribution is 7.09. The molecule has 0 fully saturated rings. The molecule has 0 aliphatic carbocycles. The Morgan fingerprint density at radius 1 is 1.33 bits per heavy atom. The maximum atomic E-state index is 5.13. The predicted molar refractivity (Wildman–Crippen MR) is 87.1 cm³/mol. The molecule has 0 spiro atoms. The van der Waals surface area contributed by atoms with Gasteiger partial charge in [-0.25, -0.2) is 9.97 Å². The first-order chi connectivity index (χ1) is 10.2. The molecule has 0 aliphatic rings. The van der Waals surface area contributed by atoms with E-state index in [1.54, 1.807) is 18.4 Å². The lowest BCUT2D eigenvalue weighted by Gasteiger charge is -2.16. The molecule has 0 aromatic carbocycles. The maximum absolute atomic E-state index is 5.13. The summed E-state index contributed by atoms with van der Waals surface area (Å²) in [7, 11) is 1.63. The van der Waals surface area contributed by atoms with E-state index in [2.05, 4.69) is 42.5 Å². The minimum atomic E-state index is 0.0980. The number of hydrogen-bond donors (Lipinski definition) is 1. The minimum absolute atomic E-state index is 0.0980. The van der Waals surface area contributed by atoms with E-state index in [0.717, 1.165) is 29.2 Å². The normalized spacial score (nSPS) is 12.6. The molecule has 1 N–H and O–H groups in total. The van der Waals surface area contributed by atoms with Crippen LogP contribution >= 0.6 is 11.3 Å². The number of thiazole rings is 1. The van der Waals surface area contributed by atoms with Gasteiger partial charge in [0.25, 0.3) is 0 Å². The molecular formula is C16H23N3OS. The molecule has 0 radical (unpaired) electrons. The molecule has 4 nitrogen and oxygen atoms in total. The summed E-state index contributed by atoms with van der Waals surface area (Å²) in [4.78, 5) is 9.09. The van der Waals surface area contributed by atoms with Gasteiger partial charge in [-0.3, -0.25) is 0 Å². The van der Waals surface area contributed by atoms with Gasteiger partial charge in [0, 0.05) is 17.6 Å². The summed E-state index contributed by atoms with van der Waals surface area (Å²) in [6.07, 6.45) is 2.95. The van der Waals surface area contributed by atoms with E-state index in [9.17, 15) is 0 Å². The van der Waals surface area contributed by atoms with Gasteiger partial charge >= 0.3 is 0 Å². The van der Waals surface area contributed by atoms with Crippen molar-refractivity contribution in [2.45, 2.75) is 39.2 Å². The van der Waals surface area contributed by atoms with Crippen LogP contribution in [-0.4, -0.2) is 23.6 Å². The van der Waals surface area contributed by atoms with Gasteiger partial charge in [0.15, 0.2) is 0 Å². The summed E-state index contributed by atoms with van der Waals surface area (Å²) in [6.45, 7) is 7.45. The lowest BCUT2D eigenvalue weighted by Crippen LogP contribution is -2.23. The summed E-state index contributed by atoms with van der Waals surface area (Å²) in [5.41, 5.74) is 2.27. The Balaban J connectivity index is 2.27. The zero-order valence-corrected chi connectivity index (χ0v) is 13.9. The van der Waals surface area contributed by atoms with Crippen molar-refractivity contribution >= 4 is 11.3 Å². The number of rotatable bonds is 7. The zero-order chi connectivity index (χ0) is 15.2. The van der Waals surface area contributed by atoms with Crippen LogP contribution < -0.4 is 10.1 Å². The van der Waals surface area contributed by atoms with Crippen molar-refractivity contribution in [3.05, 3.63) is 40.0 Å². The summed E-state index contributed by atoms with van der Waals surface area (Å²) in [5, 5.41) is 6.81. The lowest BCUT2D eigenvalue weighted by molar-refractivity contribution is 0.397. The zero-order valence-electron chi connectivity index (χ0n) is 13.1. The molecule has 21 heavy (non-hydrogen) atoms. The van der Waals surface area contributed by atoms with Crippen molar-refractivity contribution in [3.8, 4) is 5.88 Å². The van der Waals surface area contributed by atoms with Crippen molar-refractivity contribution in [2.75, 3.05) is 13.7 Å². The molecule has 0 amide bonds. The molecule has 2 rings (SSSR count). The van der Waals surface area contributed by atoms with Crippen LogP contribution in [0.25, 0.3) is 0 Å². The van der Waals surface area contributed by atoms with Crippen LogP contribution in [0, 0.1) is 0 Å². The summed E-state index contributed by atoms with van der Waals surface area (Å²) in [6, 6.07) is 4.04. The van der Waals surface area contributed by atoms with Crippen molar-refractivity contribution in [2.24, 2.45) is 0 Å². The third-order valence-electron chi connectivity index (χ3n) is 3.28. The summed E-state index contributed by atoms with van der Waals surface area (Å²) >= 11 is 1.71. The third-order valence-corrected chi connectivity index (χ3v) is 4.21. The van der Waals surface area contributed by atoms with E-state index in [0.29, 0.717) is 11.8 Å². The molecule has 0 aliphatic heterocycles. The monoisotopic (exact) mass is 305 g/mol. The van der Waals surface area contributed by atoms with Gasteiger partial charge in [-0.15, -0.1) is 11.3 Å². The first-order valence-corrected chi connectivity index (χ1v) is 8.22. The Morgan fingerprint density at radius 2 is 2.14 bits per heavy atom. The largest absolute Gasteiger partial charge is 0.481 e. The first kappa shape index (κ1) is 15.9. The van der Waals surface area contributed by atoms with E-state index in [4.69, 9.17) is 9.72 Å². The van der Waals surface area contributed by atoms with Crippen LogP contribution in [0.2, 0.25) is 0 Å². The second-order valence-electron chi connectivity index (χ2n) is 5.29. The number of methoxy groups -OCH3 is 1. The second kappa shape index (κ2) is 7.52. The smallest absolute Gasteiger partial charge is 0.212 e. The number of nitrogens with one attached hydrogen (secondary N) is 1. The van der Waals surface area contributed by atoms with Crippen LogP contribution in [0.4, 0.5) is 0 Å². The quantitative estimate of drug-likeness (QED) is 0.846. The van der Waals surface area contributed by atoms with Gasteiger partial charge in [-0.05, 0) is 24.4 Å². The fourth-order valence-electron chi connectivity index (χ4n) is 2.02. The highest BCUT2D eigenvalue weighted by atomic mass is 32.1. The summed E-state index contributed by atoms with van der Waals surface area (Å²) < 4.78 is 5.13. The summed E-state index contributed by atoms with van der Waals surface area (Å²) in [5.74, 6) is 1.09. The molecule has 0 saturated heterocycles. The van der Waals surface area contributed by atoms with Gasteiger partial charge in [-0.2, -0.15) is 0 Å². The SMILES string of the molecule is CCCNC(c1ccc(OC)nc1)c1nc(C(C)C)cs1. The Labute approximate surface area is 130 Å². The predicted octanol–water partition coefficient (Wildman–Crippen LogP) is 3.76. The van der Waals surface area contributed by atoms with E-state index < -0.39 is 0 Å². The second-order valence-corrected chi connectivity index (χ2v) is 6.18. The van der Waals surface area contributed by atoms with Gasteiger partial charge in [0.05, 0.1) is 18.8 Å². The lowest BCUT2D eigenvalue weighted by atomic mass is 10.1. The van der Waals surface area contributed by atoms with Crippen LogP contribution in [0.15, 0.2) is 23.7 Å². The van der Waals surface area contributed by atoms with Crippen LogP contribution in [-0.2, 0) is 0 Å². The molecule has 0 bridgehead atoms. The van der Waals surface area contributed by atoms with E-state index in [-0.39, 0.29) is 6.04 Å². The highest BCUT2D eigenvalue weighted by Gasteiger charge is 2.18. The molecular weight excluding hydrogens is 282 g/mol. The Bertz CT molecular complexity index is 551. The molecule has 114 valence electrons.